The molecule has 0 amide bonds. The Kier molecular flexibility index (Phi) is 3.26. The minimum atomic E-state index is -0.220. The fourth-order valence-electron chi connectivity index (χ4n) is 2.42. The third-order valence-corrected chi connectivity index (χ3v) is 3.50. The number of hydrogen-bond donors (Lipinski definition) is 1. The number of benzene rings is 1. The SMILES string of the molecule is Cc1ccc(F)cc1C(N)C1CCOC1C. The number of rotatable bonds is 2. The quantitative estimate of drug-likeness (QED) is 0.836. The van der Waals surface area contributed by atoms with Crippen molar-refractivity contribution in [3.63, 3.8) is 0 Å². The highest BCUT2D eigenvalue weighted by atomic mass is 19.1. The fraction of sp³-hybridized carbons (Fsp3) is 0.538. The van der Waals surface area contributed by atoms with Crippen molar-refractivity contribution in [1.29, 1.82) is 0 Å². The average molecular weight is 223 g/mol. The van der Waals surface area contributed by atoms with Crippen molar-refractivity contribution in [1.82, 2.24) is 0 Å². The first kappa shape index (κ1) is 11.6. The van der Waals surface area contributed by atoms with Crippen LogP contribution in [0.1, 0.15) is 30.5 Å². The van der Waals surface area contributed by atoms with E-state index in [9.17, 15) is 4.39 Å². The predicted octanol–water partition coefficient (Wildman–Crippen LogP) is 2.56. The molecular weight excluding hydrogens is 205 g/mol. The molecule has 1 aromatic carbocycles. The molecule has 2 rings (SSSR count). The normalized spacial score (nSPS) is 27.0. The molecule has 0 aromatic heterocycles. The standard InChI is InChI=1S/C13H18FNO/c1-8-3-4-10(14)7-12(8)13(15)11-5-6-16-9(11)2/h3-4,7,9,11,13H,5-6,15H2,1-2H3. The molecule has 3 atom stereocenters. The Morgan fingerprint density at radius 2 is 2.25 bits per heavy atom. The van der Waals surface area contributed by atoms with Crippen molar-refractivity contribution in [3.8, 4) is 0 Å². The van der Waals surface area contributed by atoms with Gasteiger partial charge >= 0.3 is 0 Å². The van der Waals surface area contributed by atoms with Crippen molar-refractivity contribution >= 4 is 0 Å². The Bertz CT molecular complexity index is 380. The van der Waals surface area contributed by atoms with Gasteiger partial charge in [0.15, 0.2) is 0 Å². The minimum absolute atomic E-state index is 0.131. The number of hydrogen-bond acceptors (Lipinski definition) is 2. The van der Waals surface area contributed by atoms with Gasteiger partial charge < -0.3 is 10.5 Å². The van der Waals surface area contributed by atoms with Crippen LogP contribution in [-0.4, -0.2) is 12.7 Å². The molecule has 1 aliphatic heterocycles. The molecule has 3 heteroatoms. The Morgan fingerprint density at radius 3 is 2.88 bits per heavy atom. The van der Waals surface area contributed by atoms with Crippen molar-refractivity contribution in [2.45, 2.75) is 32.4 Å². The first-order chi connectivity index (χ1) is 7.59. The molecule has 1 aliphatic rings. The first-order valence-corrected chi connectivity index (χ1v) is 5.73. The van der Waals surface area contributed by atoms with Gasteiger partial charge in [0, 0.05) is 18.6 Å². The molecular formula is C13H18FNO. The van der Waals surface area contributed by atoms with Crippen LogP contribution in [-0.2, 0) is 4.74 Å². The number of halogens is 1. The zero-order valence-corrected chi connectivity index (χ0v) is 9.74. The maximum Gasteiger partial charge on any atom is 0.123 e. The molecule has 0 aliphatic carbocycles. The van der Waals surface area contributed by atoms with E-state index in [1.54, 1.807) is 12.1 Å². The summed E-state index contributed by atoms with van der Waals surface area (Å²) in [7, 11) is 0. The third-order valence-electron chi connectivity index (χ3n) is 3.50. The van der Waals surface area contributed by atoms with Crippen LogP contribution in [0.5, 0.6) is 0 Å². The van der Waals surface area contributed by atoms with E-state index in [4.69, 9.17) is 10.5 Å². The summed E-state index contributed by atoms with van der Waals surface area (Å²) in [6.07, 6.45) is 1.12. The van der Waals surface area contributed by atoms with E-state index in [1.165, 1.54) is 6.07 Å². The lowest BCUT2D eigenvalue weighted by atomic mass is 9.87. The largest absolute Gasteiger partial charge is 0.378 e. The van der Waals surface area contributed by atoms with Gasteiger partial charge in [-0.25, -0.2) is 4.39 Å². The van der Waals surface area contributed by atoms with Crippen LogP contribution in [0.4, 0.5) is 4.39 Å². The molecule has 1 aromatic rings. The van der Waals surface area contributed by atoms with Gasteiger partial charge in [0.1, 0.15) is 5.82 Å². The molecule has 0 spiro atoms. The van der Waals surface area contributed by atoms with Crippen LogP contribution in [0.25, 0.3) is 0 Å². The maximum atomic E-state index is 13.2. The van der Waals surface area contributed by atoms with Crippen LogP contribution in [0.3, 0.4) is 0 Å². The van der Waals surface area contributed by atoms with Gasteiger partial charge in [0.25, 0.3) is 0 Å². The van der Waals surface area contributed by atoms with Gasteiger partial charge in [-0.3, -0.25) is 0 Å². The molecule has 1 fully saturated rings. The highest BCUT2D eigenvalue weighted by Gasteiger charge is 2.31. The summed E-state index contributed by atoms with van der Waals surface area (Å²) in [5.41, 5.74) is 8.17. The van der Waals surface area contributed by atoms with Gasteiger partial charge in [-0.15, -0.1) is 0 Å². The second kappa shape index (κ2) is 4.52. The van der Waals surface area contributed by atoms with Crippen molar-refractivity contribution in [2.75, 3.05) is 6.61 Å². The predicted molar refractivity (Wildman–Crippen MR) is 61.6 cm³/mol. The van der Waals surface area contributed by atoms with Gasteiger partial charge in [-0.2, -0.15) is 0 Å². The molecule has 2 nitrogen and oxygen atoms in total. The van der Waals surface area contributed by atoms with E-state index in [0.29, 0.717) is 5.92 Å². The number of aryl methyl sites for hydroxylation is 1. The number of ether oxygens (including phenoxy) is 1. The summed E-state index contributed by atoms with van der Waals surface area (Å²) >= 11 is 0. The molecule has 1 heterocycles. The van der Waals surface area contributed by atoms with Gasteiger partial charge in [-0.05, 0) is 43.5 Å². The van der Waals surface area contributed by atoms with Gasteiger partial charge in [0.05, 0.1) is 6.10 Å². The highest BCUT2D eigenvalue weighted by molar-refractivity contribution is 5.30. The third kappa shape index (κ3) is 2.11. The van der Waals surface area contributed by atoms with E-state index in [-0.39, 0.29) is 18.0 Å². The van der Waals surface area contributed by atoms with Crippen LogP contribution in [0, 0.1) is 18.7 Å². The lowest BCUT2D eigenvalue weighted by Crippen LogP contribution is -2.27. The van der Waals surface area contributed by atoms with Crippen molar-refractivity contribution in [3.05, 3.63) is 35.1 Å². The summed E-state index contributed by atoms with van der Waals surface area (Å²) in [5.74, 6) is 0.0723. The van der Waals surface area contributed by atoms with Gasteiger partial charge in [0.2, 0.25) is 0 Å². The zero-order chi connectivity index (χ0) is 11.7. The highest BCUT2D eigenvalue weighted by Crippen LogP contribution is 2.33. The monoisotopic (exact) mass is 223 g/mol. The molecule has 0 saturated carbocycles. The smallest absolute Gasteiger partial charge is 0.123 e. The second-order valence-electron chi connectivity index (χ2n) is 4.56. The lowest BCUT2D eigenvalue weighted by Gasteiger charge is -2.23. The molecule has 88 valence electrons. The van der Waals surface area contributed by atoms with Crippen molar-refractivity contribution in [2.24, 2.45) is 11.7 Å². The Hall–Kier alpha value is -0.930. The van der Waals surface area contributed by atoms with Crippen molar-refractivity contribution < 1.29 is 9.13 Å². The maximum absolute atomic E-state index is 13.2. The number of nitrogens with two attached hydrogens (primary N) is 1. The molecule has 2 N–H and O–H groups in total. The molecule has 1 saturated heterocycles. The summed E-state index contributed by atoms with van der Waals surface area (Å²) in [5, 5.41) is 0. The second-order valence-corrected chi connectivity index (χ2v) is 4.56. The summed E-state index contributed by atoms with van der Waals surface area (Å²) in [6.45, 7) is 4.76. The van der Waals surface area contributed by atoms with Gasteiger partial charge in [-0.1, -0.05) is 6.07 Å². The van der Waals surface area contributed by atoms with Crippen LogP contribution in [0.15, 0.2) is 18.2 Å². The van der Waals surface area contributed by atoms with E-state index in [1.807, 2.05) is 13.8 Å². The Balaban J connectivity index is 2.25. The summed E-state index contributed by atoms with van der Waals surface area (Å²) < 4.78 is 18.7. The average Bonchev–Trinajstić information content (AvgIpc) is 2.67. The molecule has 0 bridgehead atoms. The van der Waals surface area contributed by atoms with E-state index in [0.717, 1.165) is 24.2 Å². The minimum Gasteiger partial charge on any atom is -0.378 e. The summed E-state index contributed by atoms with van der Waals surface area (Å²) in [4.78, 5) is 0. The molecule has 0 radical (unpaired) electrons. The Morgan fingerprint density at radius 1 is 1.50 bits per heavy atom. The van der Waals surface area contributed by atoms with Crippen LogP contribution >= 0.6 is 0 Å². The molecule has 3 unspecified atom stereocenters. The fourth-order valence-corrected chi connectivity index (χ4v) is 2.42. The summed E-state index contributed by atoms with van der Waals surface area (Å²) in [6, 6.07) is 4.67. The molecule has 16 heavy (non-hydrogen) atoms. The van der Waals surface area contributed by atoms with Crippen LogP contribution < -0.4 is 5.73 Å². The lowest BCUT2D eigenvalue weighted by molar-refractivity contribution is 0.0994. The Labute approximate surface area is 95.6 Å². The van der Waals surface area contributed by atoms with E-state index in [2.05, 4.69) is 0 Å². The van der Waals surface area contributed by atoms with E-state index < -0.39 is 0 Å². The topological polar surface area (TPSA) is 35.2 Å². The zero-order valence-electron chi connectivity index (χ0n) is 9.74. The first-order valence-electron chi connectivity index (χ1n) is 5.73. The van der Waals surface area contributed by atoms with Crippen LogP contribution in [0.2, 0.25) is 0 Å². The van der Waals surface area contributed by atoms with E-state index >= 15 is 0 Å².